The Labute approximate surface area is 120 Å². The summed E-state index contributed by atoms with van der Waals surface area (Å²) in [5, 5.41) is 3.63. The summed E-state index contributed by atoms with van der Waals surface area (Å²) in [4.78, 5) is 0. The van der Waals surface area contributed by atoms with E-state index in [1.54, 1.807) is 0 Å². The van der Waals surface area contributed by atoms with Crippen LogP contribution in [-0.4, -0.2) is 5.75 Å². The van der Waals surface area contributed by atoms with Gasteiger partial charge in [0.25, 0.3) is 0 Å². The van der Waals surface area contributed by atoms with E-state index in [9.17, 15) is 0 Å². The van der Waals surface area contributed by atoms with Crippen molar-refractivity contribution in [2.75, 3.05) is 11.1 Å². The Kier molecular flexibility index (Phi) is 3.62. The molecular weight excluding hydrogens is 306 g/mol. The van der Waals surface area contributed by atoms with Gasteiger partial charge in [-0.05, 0) is 29.3 Å². The largest absolute Gasteiger partial charge is 0.377 e. The molecule has 1 aliphatic heterocycles. The maximum absolute atomic E-state index is 3.63. The number of rotatable bonds is 2. The van der Waals surface area contributed by atoms with Crippen molar-refractivity contribution in [3.8, 4) is 0 Å². The molecule has 0 aliphatic carbocycles. The lowest BCUT2D eigenvalue weighted by Gasteiger charge is -2.27. The van der Waals surface area contributed by atoms with Crippen LogP contribution in [0.5, 0.6) is 0 Å². The number of benzene rings is 2. The van der Waals surface area contributed by atoms with E-state index in [0.29, 0.717) is 6.04 Å². The third-order valence-corrected chi connectivity index (χ3v) is 4.72. The Balaban J connectivity index is 1.86. The first-order valence-corrected chi connectivity index (χ1v) is 7.95. The topological polar surface area (TPSA) is 12.0 Å². The predicted octanol–water partition coefficient (Wildman–Crippen LogP) is 4.85. The lowest BCUT2D eigenvalue weighted by molar-refractivity contribution is 0.871. The zero-order valence-electron chi connectivity index (χ0n) is 9.90. The van der Waals surface area contributed by atoms with E-state index in [1.165, 1.54) is 16.8 Å². The molecule has 1 unspecified atom stereocenters. The standard InChI is InChI=1S/C15H14BrNS/c16-12-5-3-6-13(8-12)17-15-10-18-9-11-4-1-2-7-14(11)15/h1-8,15,17H,9-10H2. The van der Waals surface area contributed by atoms with Gasteiger partial charge in [0, 0.05) is 21.7 Å². The van der Waals surface area contributed by atoms with Crippen LogP contribution in [0.3, 0.4) is 0 Å². The van der Waals surface area contributed by atoms with Crippen LogP contribution in [0, 0.1) is 0 Å². The summed E-state index contributed by atoms with van der Waals surface area (Å²) in [6, 6.07) is 17.5. The van der Waals surface area contributed by atoms with E-state index in [-0.39, 0.29) is 0 Å². The minimum absolute atomic E-state index is 0.411. The summed E-state index contributed by atoms with van der Waals surface area (Å²) in [5.41, 5.74) is 4.07. The molecule has 1 heterocycles. The second-order valence-corrected chi connectivity index (χ2v) is 6.37. The van der Waals surface area contributed by atoms with Crippen molar-refractivity contribution in [3.63, 3.8) is 0 Å². The van der Waals surface area contributed by atoms with E-state index >= 15 is 0 Å². The highest BCUT2D eigenvalue weighted by atomic mass is 79.9. The number of halogens is 1. The summed E-state index contributed by atoms with van der Waals surface area (Å²) in [5.74, 6) is 2.26. The Morgan fingerprint density at radius 1 is 1.11 bits per heavy atom. The molecule has 1 aliphatic rings. The molecule has 0 saturated heterocycles. The molecule has 2 aromatic carbocycles. The molecule has 0 saturated carbocycles. The molecule has 18 heavy (non-hydrogen) atoms. The molecule has 0 radical (unpaired) electrons. The Morgan fingerprint density at radius 2 is 2.00 bits per heavy atom. The van der Waals surface area contributed by atoms with Gasteiger partial charge in [0.2, 0.25) is 0 Å². The molecule has 0 fully saturated rings. The molecule has 0 amide bonds. The Morgan fingerprint density at radius 3 is 2.89 bits per heavy atom. The summed E-state index contributed by atoms with van der Waals surface area (Å²) >= 11 is 5.51. The normalized spacial score (nSPS) is 18.2. The summed E-state index contributed by atoms with van der Waals surface area (Å²) in [6.45, 7) is 0. The van der Waals surface area contributed by atoms with Crippen LogP contribution in [0.2, 0.25) is 0 Å². The minimum atomic E-state index is 0.411. The fourth-order valence-corrected chi connectivity index (χ4v) is 3.78. The van der Waals surface area contributed by atoms with Crippen molar-refractivity contribution in [2.24, 2.45) is 0 Å². The molecule has 0 spiro atoms. The lowest BCUT2D eigenvalue weighted by atomic mass is 10.0. The first-order chi connectivity index (χ1) is 8.83. The molecular formula is C15H14BrNS. The third-order valence-electron chi connectivity index (χ3n) is 3.14. The second kappa shape index (κ2) is 5.37. The summed E-state index contributed by atoms with van der Waals surface area (Å²) in [6.07, 6.45) is 0. The van der Waals surface area contributed by atoms with E-state index in [4.69, 9.17) is 0 Å². The van der Waals surface area contributed by atoms with Crippen molar-refractivity contribution >= 4 is 33.4 Å². The van der Waals surface area contributed by atoms with E-state index < -0.39 is 0 Å². The predicted molar refractivity (Wildman–Crippen MR) is 83.1 cm³/mol. The maximum Gasteiger partial charge on any atom is 0.0607 e. The van der Waals surface area contributed by atoms with Gasteiger partial charge in [0.15, 0.2) is 0 Å². The van der Waals surface area contributed by atoms with Crippen molar-refractivity contribution in [1.82, 2.24) is 0 Å². The molecule has 3 rings (SSSR count). The summed E-state index contributed by atoms with van der Waals surface area (Å²) < 4.78 is 1.12. The third kappa shape index (κ3) is 2.57. The number of hydrogen-bond acceptors (Lipinski definition) is 2. The van der Waals surface area contributed by atoms with Gasteiger partial charge in [0.05, 0.1) is 6.04 Å². The van der Waals surface area contributed by atoms with Crippen LogP contribution in [0.15, 0.2) is 53.0 Å². The Hall–Kier alpha value is -0.930. The molecule has 1 nitrogen and oxygen atoms in total. The van der Waals surface area contributed by atoms with Gasteiger partial charge < -0.3 is 5.32 Å². The first kappa shape index (κ1) is 12.1. The Bertz CT molecular complexity index is 556. The van der Waals surface area contributed by atoms with Gasteiger partial charge in [0.1, 0.15) is 0 Å². The average molecular weight is 320 g/mol. The van der Waals surface area contributed by atoms with Gasteiger partial charge in [-0.15, -0.1) is 0 Å². The lowest BCUT2D eigenvalue weighted by Crippen LogP contribution is -2.18. The summed E-state index contributed by atoms with van der Waals surface area (Å²) in [7, 11) is 0. The van der Waals surface area contributed by atoms with E-state index in [1.807, 2.05) is 11.8 Å². The van der Waals surface area contributed by atoms with Gasteiger partial charge in [-0.25, -0.2) is 0 Å². The van der Waals surface area contributed by atoms with Crippen molar-refractivity contribution in [3.05, 3.63) is 64.1 Å². The monoisotopic (exact) mass is 319 g/mol. The molecule has 2 aromatic rings. The molecule has 92 valence electrons. The molecule has 0 aromatic heterocycles. The minimum Gasteiger partial charge on any atom is -0.377 e. The van der Waals surface area contributed by atoms with Crippen molar-refractivity contribution < 1.29 is 0 Å². The zero-order chi connectivity index (χ0) is 12.4. The van der Waals surface area contributed by atoms with Crippen LogP contribution >= 0.6 is 27.7 Å². The van der Waals surface area contributed by atoms with Gasteiger partial charge in [-0.1, -0.05) is 46.3 Å². The van der Waals surface area contributed by atoms with Crippen LogP contribution < -0.4 is 5.32 Å². The second-order valence-electron chi connectivity index (χ2n) is 4.42. The number of anilines is 1. The number of nitrogens with one attached hydrogen (secondary N) is 1. The SMILES string of the molecule is Brc1cccc(NC2CSCc3ccccc32)c1. The van der Waals surface area contributed by atoms with Crippen LogP contribution in [0.25, 0.3) is 0 Å². The maximum atomic E-state index is 3.63. The van der Waals surface area contributed by atoms with Crippen LogP contribution in [0.1, 0.15) is 17.2 Å². The molecule has 1 N–H and O–H groups in total. The van der Waals surface area contributed by atoms with Gasteiger partial charge >= 0.3 is 0 Å². The number of hydrogen-bond donors (Lipinski definition) is 1. The van der Waals surface area contributed by atoms with Crippen LogP contribution in [0.4, 0.5) is 5.69 Å². The van der Waals surface area contributed by atoms with Gasteiger partial charge in [-0.3, -0.25) is 0 Å². The number of thioether (sulfide) groups is 1. The fraction of sp³-hybridized carbons (Fsp3) is 0.200. The highest BCUT2D eigenvalue weighted by molar-refractivity contribution is 9.10. The fourth-order valence-electron chi connectivity index (χ4n) is 2.28. The highest BCUT2D eigenvalue weighted by Gasteiger charge is 2.19. The smallest absolute Gasteiger partial charge is 0.0607 e. The molecule has 0 bridgehead atoms. The quantitative estimate of drug-likeness (QED) is 0.849. The zero-order valence-corrected chi connectivity index (χ0v) is 12.3. The van der Waals surface area contributed by atoms with Crippen LogP contribution in [-0.2, 0) is 5.75 Å². The highest BCUT2D eigenvalue weighted by Crippen LogP contribution is 2.34. The van der Waals surface area contributed by atoms with Crippen molar-refractivity contribution in [1.29, 1.82) is 0 Å². The van der Waals surface area contributed by atoms with E-state index in [2.05, 4.69) is 69.8 Å². The molecule has 3 heteroatoms. The molecule has 1 atom stereocenters. The average Bonchev–Trinajstić information content (AvgIpc) is 2.39. The van der Waals surface area contributed by atoms with E-state index in [0.717, 1.165) is 16.0 Å². The number of fused-ring (bicyclic) bond motifs is 1. The van der Waals surface area contributed by atoms with Crippen molar-refractivity contribution in [2.45, 2.75) is 11.8 Å². The first-order valence-electron chi connectivity index (χ1n) is 6.00. The van der Waals surface area contributed by atoms with Gasteiger partial charge in [-0.2, -0.15) is 11.8 Å².